The Balaban J connectivity index is 1.51. The summed E-state index contributed by atoms with van der Waals surface area (Å²) in [4.78, 5) is 25.4. The van der Waals surface area contributed by atoms with Crippen molar-refractivity contribution >= 4 is 33.4 Å². The summed E-state index contributed by atoms with van der Waals surface area (Å²) < 4.78 is 62.4. The molecule has 0 saturated carbocycles. The van der Waals surface area contributed by atoms with Crippen LogP contribution < -0.4 is 10.2 Å². The lowest BCUT2D eigenvalue weighted by atomic mass is 10.0. The molecule has 0 saturated heterocycles. The number of amides is 2. The molecule has 0 aliphatic rings. The van der Waals surface area contributed by atoms with E-state index in [4.69, 9.17) is 21.5 Å². The smallest absolute Gasteiger partial charge is 0.258 e. The molecule has 13 heteroatoms. The van der Waals surface area contributed by atoms with Gasteiger partial charge in [-0.3, -0.25) is 14.8 Å². The molecule has 2 N–H and O–H groups in total. The van der Waals surface area contributed by atoms with Gasteiger partial charge in [-0.15, -0.1) is 0 Å². The molecule has 4 rings (SSSR count). The molecule has 0 fully saturated rings. The largest absolute Gasteiger partial charge is 0.451 e. The summed E-state index contributed by atoms with van der Waals surface area (Å²) in [6.45, 7) is -1.52. The summed E-state index contributed by atoms with van der Waals surface area (Å²) in [5.41, 5.74) is 3.54. The molecule has 2 amide bonds. The zero-order chi connectivity index (χ0) is 31.1. The first kappa shape index (κ1) is 31.6. The van der Waals surface area contributed by atoms with Crippen molar-refractivity contribution in [1.29, 1.82) is 0 Å². The average Bonchev–Trinajstić information content (AvgIpc) is 3.01. The fourth-order valence-electron chi connectivity index (χ4n) is 4.05. The van der Waals surface area contributed by atoms with Gasteiger partial charge in [0, 0.05) is 30.7 Å². The van der Waals surface area contributed by atoms with Gasteiger partial charge in [-0.05, 0) is 59.7 Å². The maximum Gasteiger partial charge on any atom is 0.258 e. The highest BCUT2D eigenvalue weighted by atomic mass is 35.5. The van der Waals surface area contributed by atoms with Crippen molar-refractivity contribution in [2.24, 2.45) is 0 Å². The molecule has 0 heterocycles. The first-order valence-corrected chi connectivity index (χ1v) is 14.6. The predicted octanol–water partition coefficient (Wildman–Crippen LogP) is 5.35. The second-order valence-corrected chi connectivity index (χ2v) is 11.7. The first-order chi connectivity index (χ1) is 20.5. The number of carbonyl (C=O) groups excluding carboxylic acids is 2. The summed E-state index contributed by atoms with van der Waals surface area (Å²) in [6, 6.07) is 23.1. The molecule has 0 unspecified atom stereocenters. The fraction of sp³-hybridized carbons (Fsp3) is 0.133. The summed E-state index contributed by atoms with van der Waals surface area (Å²) >= 11 is 5.80. The topological polar surface area (TPSA) is 116 Å². The van der Waals surface area contributed by atoms with Crippen LogP contribution in [0, 0.1) is 11.6 Å². The summed E-state index contributed by atoms with van der Waals surface area (Å²) in [6.07, 6.45) is 0. The van der Waals surface area contributed by atoms with Crippen LogP contribution in [-0.4, -0.2) is 61.3 Å². The van der Waals surface area contributed by atoms with Gasteiger partial charge in [-0.2, -0.15) is 4.31 Å². The quantitative estimate of drug-likeness (QED) is 0.171. The van der Waals surface area contributed by atoms with E-state index in [0.717, 1.165) is 11.1 Å². The van der Waals surface area contributed by atoms with Crippen molar-refractivity contribution in [1.82, 2.24) is 14.7 Å². The van der Waals surface area contributed by atoms with Crippen molar-refractivity contribution in [3.05, 3.63) is 113 Å². The standard InChI is InChI=1S/C30H26ClF2N3O6S/c1-35(30(38)22-9-7-21(8-10-22)20-5-3-2-4-6-20)15-16-36(19-28(37)34-39)43(40,41)25-17-26(32)29(27(33)18-25)42-24-13-11-23(31)12-14-24/h2-14,17-18,39H,15-16,19H2,1H3,(H,34,37). The van der Waals surface area contributed by atoms with Crippen molar-refractivity contribution in [3.8, 4) is 22.6 Å². The number of nitrogens with one attached hydrogen (secondary N) is 1. The van der Waals surface area contributed by atoms with Crippen LogP contribution in [0.15, 0.2) is 95.9 Å². The van der Waals surface area contributed by atoms with Crippen molar-refractivity contribution < 1.29 is 36.7 Å². The van der Waals surface area contributed by atoms with E-state index < -0.39 is 57.2 Å². The van der Waals surface area contributed by atoms with Gasteiger partial charge in [0.2, 0.25) is 10.0 Å². The molecule has 0 aliphatic heterocycles. The highest BCUT2D eigenvalue weighted by molar-refractivity contribution is 7.89. The first-order valence-electron chi connectivity index (χ1n) is 12.8. The van der Waals surface area contributed by atoms with E-state index in [1.54, 1.807) is 24.3 Å². The van der Waals surface area contributed by atoms with Crippen molar-refractivity contribution in [2.75, 3.05) is 26.7 Å². The molecular weight excluding hydrogens is 604 g/mol. The number of nitrogens with zero attached hydrogens (tertiary/aromatic N) is 2. The number of hydrogen-bond acceptors (Lipinski definition) is 6. The number of likely N-dealkylation sites (N-methyl/N-ethyl adjacent to an activating group) is 1. The SMILES string of the molecule is CN(CCN(CC(=O)NO)S(=O)(=O)c1cc(F)c(Oc2ccc(Cl)cc2)c(F)c1)C(=O)c1ccc(-c2ccccc2)cc1. The second-order valence-electron chi connectivity index (χ2n) is 9.32. The maximum atomic E-state index is 14.9. The number of benzene rings is 4. The fourth-order valence-corrected chi connectivity index (χ4v) is 5.59. The number of rotatable bonds is 11. The summed E-state index contributed by atoms with van der Waals surface area (Å²) in [5, 5.41) is 9.36. The third-order valence-corrected chi connectivity index (χ3v) is 8.43. The van der Waals surface area contributed by atoms with Crippen LogP contribution in [0.4, 0.5) is 8.78 Å². The molecule has 224 valence electrons. The zero-order valence-electron chi connectivity index (χ0n) is 22.7. The molecule has 0 spiro atoms. The number of carbonyl (C=O) groups is 2. The van der Waals surface area contributed by atoms with E-state index >= 15 is 0 Å². The third-order valence-electron chi connectivity index (χ3n) is 6.36. The van der Waals surface area contributed by atoms with E-state index in [0.29, 0.717) is 27.0 Å². The molecule has 43 heavy (non-hydrogen) atoms. The molecule has 0 aromatic heterocycles. The van der Waals surface area contributed by atoms with Gasteiger partial charge in [0.05, 0.1) is 11.4 Å². The summed E-state index contributed by atoms with van der Waals surface area (Å²) in [7, 11) is -3.26. The Morgan fingerprint density at radius 1 is 0.884 bits per heavy atom. The highest BCUT2D eigenvalue weighted by Crippen LogP contribution is 2.31. The van der Waals surface area contributed by atoms with Crippen LogP contribution in [0.3, 0.4) is 0 Å². The van der Waals surface area contributed by atoms with Gasteiger partial charge < -0.3 is 9.64 Å². The molecule has 0 atom stereocenters. The highest BCUT2D eigenvalue weighted by Gasteiger charge is 2.30. The van der Waals surface area contributed by atoms with Gasteiger partial charge in [0.1, 0.15) is 5.75 Å². The Morgan fingerprint density at radius 3 is 2.05 bits per heavy atom. The van der Waals surface area contributed by atoms with Gasteiger partial charge >= 0.3 is 0 Å². The molecule has 9 nitrogen and oxygen atoms in total. The van der Waals surface area contributed by atoms with E-state index in [2.05, 4.69) is 0 Å². The monoisotopic (exact) mass is 629 g/mol. The molecule has 0 aliphatic carbocycles. The summed E-state index contributed by atoms with van der Waals surface area (Å²) in [5.74, 6) is -4.94. The van der Waals surface area contributed by atoms with Crippen molar-refractivity contribution in [2.45, 2.75) is 4.90 Å². The third kappa shape index (κ3) is 7.73. The molecule has 4 aromatic rings. The normalized spacial score (nSPS) is 11.3. The van der Waals surface area contributed by atoms with Crippen molar-refractivity contribution in [3.63, 3.8) is 0 Å². The van der Waals surface area contributed by atoms with E-state index in [1.807, 2.05) is 30.3 Å². The Kier molecular flexibility index (Phi) is 10.1. The Morgan fingerprint density at radius 2 is 1.47 bits per heavy atom. The lowest BCUT2D eigenvalue weighted by molar-refractivity contribution is -0.129. The second kappa shape index (κ2) is 13.7. The lowest BCUT2D eigenvalue weighted by Crippen LogP contribution is -2.44. The van der Waals surface area contributed by atoms with Gasteiger partial charge in [-0.1, -0.05) is 54.1 Å². The number of ether oxygens (including phenoxy) is 1. The molecule has 0 bridgehead atoms. The van der Waals surface area contributed by atoms with Crippen LogP contribution in [0.2, 0.25) is 5.02 Å². The average molecular weight is 630 g/mol. The number of hydroxylamine groups is 1. The van der Waals surface area contributed by atoms with Gasteiger partial charge in [0.25, 0.3) is 11.8 Å². The molecule has 4 aromatic carbocycles. The minimum Gasteiger partial charge on any atom is -0.451 e. The Hall–Kier alpha value is -4.36. The Bertz CT molecular complexity index is 1680. The Labute approximate surface area is 251 Å². The van der Waals surface area contributed by atoms with Crippen LogP contribution in [0.5, 0.6) is 11.5 Å². The van der Waals surface area contributed by atoms with Crippen LogP contribution in [0.25, 0.3) is 11.1 Å². The van der Waals surface area contributed by atoms with Crippen LogP contribution in [0.1, 0.15) is 10.4 Å². The van der Waals surface area contributed by atoms with Gasteiger partial charge in [-0.25, -0.2) is 22.7 Å². The van der Waals surface area contributed by atoms with E-state index in [1.165, 1.54) is 41.7 Å². The number of sulfonamides is 1. The maximum absolute atomic E-state index is 14.9. The number of hydrogen-bond donors (Lipinski definition) is 2. The zero-order valence-corrected chi connectivity index (χ0v) is 24.3. The minimum absolute atomic E-state index is 0.0569. The van der Waals surface area contributed by atoms with Crippen LogP contribution >= 0.6 is 11.6 Å². The van der Waals surface area contributed by atoms with E-state index in [-0.39, 0.29) is 12.3 Å². The van der Waals surface area contributed by atoms with Crippen LogP contribution in [-0.2, 0) is 14.8 Å². The minimum atomic E-state index is -4.70. The number of halogens is 3. The lowest BCUT2D eigenvalue weighted by Gasteiger charge is -2.25. The predicted molar refractivity (Wildman–Crippen MR) is 155 cm³/mol. The van der Waals surface area contributed by atoms with E-state index in [9.17, 15) is 26.8 Å². The molecular formula is C30H26ClF2N3O6S. The molecule has 0 radical (unpaired) electrons. The van der Waals surface area contributed by atoms with Gasteiger partial charge in [0.15, 0.2) is 17.4 Å².